The largest absolute Gasteiger partial charge is 0.118 e. The van der Waals surface area contributed by atoms with E-state index in [4.69, 9.17) is 11.6 Å². The third kappa shape index (κ3) is 3.34. The van der Waals surface area contributed by atoms with Crippen LogP contribution in [0.15, 0.2) is 16.6 Å². The molecule has 4 unspecified atom stereocenters. The van der Waals surface area contributed by atoms with Crippen molar-refractivity contribution in [3.8, 4) is 0 Å². The van der Waals surface area contributed by atoms with Crippen LogP contribution in [0.25, 0.3) is 0 Å². The molecule has 0 amide bonds. The van der Waals surface area contributed by atoms with Crippen LogP contribution in [0.3, 0.4) is 0 Å². The summed E-state index contributed by atoms with van der Waals surface area (Å²) < 4.78 is 1.20. The standard InChI is InChI=1S/C19H26BrCl/c1-12-10-18(20)13(2)9-17(12)19(21)16-8-7-14-5-3-4-6-15(14)11-16/h9-10,14-16,19H,3-8,11H2,1-2H3. The molecule has 1 aromatic carbocycles. The zero-order chi connectivity index (χ0) is 15.0. The first kappa shape index (κ1) is 15.9. The van der Waals surface area contributed by atoms with E-state index in [1.165, 1.54) is 66.1 Å². The SMILES string of the molecule is Cc1cc(C(Cl)C2CCC3CCCCC3C2)c(C)cc1Br. The van der Waals surface area contributed by atoms with Gasteiger partial charge in [-0.25, -0.2) is 0 Å². The van der Waals surface area contributed by atoms with Crippen LogP contribution in [0.5, 0.6) is 0 Å². The van der Waals surface area contributed by atoms with Crippen LogP contribution in [0.2, 0.25) is 0 Å². The van der Waals surface area contributed by atoms with Gasteiger partial charge in [-0.05, 0) is 73.6 Å². The van der Waals surface area contributed by atoms with Crippen molar-refractivity contribution in [2.75, 3.05) is 0 Å². The molecule has 2 saturated carbocycles. The van der Waals surface area contributed by atoms with Crippen molar-refractivity contribution < 1.29 is 0 Å². The summed E-state index contributed by atoms with van der Waals surface area (Å²) in [5.74, 6) is 2.63. The monoisotopic (exact) mass is 368 g/mol. The molecule has 0 spiro atoms. The van der Waals surface area contributed by atoms with E-state index >= 15 is 0 Å². The molecule has 2 fully saturated rings. The lowest BCUT2D eigenvalue weighted by molar-refractivity contribution is 0.127. The fraction of sp³-hybridized carbons (Fsp3) is 0.684. The number of alkyl halides is 1. The predicted molar refractivity (Wildman–Crippen MR) is 95.0 cm³/mol. The van der Waals surface area contributed by atoms with Crippen molar-refractivity contribution in [2.45, 2.75) is 64.2 Å². The summed E-state index contributed by atoms with van der Waals surface area (Å²) in [4.78, 5) is 0. The maximum absolute atomic E-state index is 6.93. The zero-order valence-electron chi connectivity index (χ0n) is 13.2. The molecule has 0 aliphatic heterocycles. The minimum atomic E-state index is 0.194. The summed E-state index contributed by atoms with van der Waals surface area (Å²) in [5.41, 5.74) is 3.99. The van der Waals surface area contributed by atoms with E-state index in [-0.39, 0.29) is 5.38 Å². The maximum atomic E-state index is 6.93. The summed E-state index contributed by atoms with van der Waals surface area (Å²) in [7, 11) is 0. The van der Waals surface area contributed by atoms with Gasteiger partial charge in [0.05, 0.1) is 5.38 Å². The highest BCUT2D eigenvalue weighted by Crippen LogP contribution is 2.48. The summed E-state index contributed by atoms with van der Waals surface area (Å²) in [6.07, 6.45) is 9.91. The predicted octanol–water partition coefficient (Wildman–Crippen LogP) is 6.95. The number of hydrogen-bond donors (Lipinski definition) is 0. The van der Waals surface area contributed by atoms with Crippen molar-refractivity contribution in [3.05, 3.63) is 33.3 Å². The van der Waals surface area contributed by atoms with Crippen LogP contribution in [0.1, 0.15) is 67.0 Å². The van der Waals surface area contributed by atoms with Crippen molar-refractivity contribution in [3.63, 3.8) is 0 Å². The first-order valence-electron chi connectivity index (χ1n) is 8.47. The molecule has 0 aromatic heterocycles. The van der Waals surface area contributed by atoms with Gasteiger partial charge >= 0.3 is 0 Å². The Labute approximate surface area is 142 Å². The average Bonchev–Trinajstić information content (AvgIpc) is 2.50. The summed E-state index contributed by atoms with van der Waals surface area (Å²) in [6.45, 7) is 4.36. The fourth-order valence-corrected chi connectivity index (χ4v) is 5.45. The highest BCUT2D eigenvalue weighted by molar-refractivity contribution is 9.10. The molecule has 4 atom stereocenters. The van der Waals surface area contributed by atoms with E-state index in [0.717, 1.165) is 11.8 Å². The molecule has 21 heavy (non-hydrogen) atoms. The quantitative estimate of drug-likeness (QED) is 0.495. The van der Waals surface area contributed by atoms with Gasteiger partial charge in [-0.1, -0.05) is 47.7 Å². The van der Waals surface area contributed by atoms with Gasteiger partial charge < -0.3 is 0 Å². The Balaban J connectivity index is 1.76. The Morgan fingerprint density at radius 1 is 1.00 bits per heavy atom. The molecule has 2 aliphatic rings. The topological polar surface area (TPSA) is 0 Å². The minimum Gasteiger partial charge on any atom is -0.118 e. The Bertz CT molecular complexity index is 511. The first-order chi connectivity index (χ1) is 10.1. The normalized spacial score (nSPS) is 30.8. The first-order valence-corrected chi connectivity index (χ1v) is 9.70. The molecule has 2 heteroatoms. The molecule has 0 saturated heterocycles. The molecular formula is C19H26BrCl. The van der Waals surface area contributed by atoms with E-state index in [9.17, 15) is 0 Å². The summed E-state index contributed by atoms with van der Waals surface area (Å²) in [5, 5.41) is 0.194. The maximum Gasteiger partial charge on any atom is 0.0616 e. The molecule has 0 bridgehead atoms. The number of benzene rings is 1. The molecule has 1 aromatic rings. The van der Waals surface area contributed by atoms with E-state index < -0.39 is 0 Å². The van der Waals surface area contributed by atoms with Crippen LogP contribution in [0, 0.1) is 31.6 Å². The number of fused-ring (bicyclic) bond motifs is 1. The van der Waals surface area contributed by atoms with Gasteiger partial charge in [0.2, 0.25) is 0 Å². The minimum absolute atomic E-state index is 0.194. The fourth-order valence-electron chi connectivity index (χ4n) is 4.53. The van der Waals surface area contributed by atoms with Crippen LogP contribution < -0.4 is 0 Å². The van der Waals surface area contributed by atoms with Crippen molar-refractivity contribution in [2.24, 2.45) is 17.8 Å². The van der Waals surface area contributed by atoms with Gasteiger partial charge in [-0.3, -0.25) is 0 Å². The number of halogens is 2. The number of rotatable bonds is 2. The summed E-state index contributed by atoms with van der Waals surface area (Å²) in [6, 6.07) is 4.52. The highest BCUT2D eigenvalue weighted by atomic mass is 79.9. The lowest BCUT2D eigenvalue weighted by atomic mass is 9.66. The van der Waals surface area contributed by atoms with E-state index in [0.29, 0.717) is 5.92 Å². The zero-order valence-corrected chi connectivity index (χ0v) is 15.5. The number of aryl methyl sites for hydroxylation is 2. The Kier molecular flexibility index (Phi) is 5.01. The molecule has 2 aliphatic carbocycles. The van der Waals surface area contributed by atoms with Gasteiger partial charge in [-0.2, -0.15) is 0 Å². The van der Waals surface area contributed by atoms with Gasteiger partial charge in [0.25, 0.3) is 0 Å². The number of hydrogen-bond acceptors (Lipinski definition) is 0. The summed E-state index contributed by atoms with van der Waals surface area (Å²) >= 11 is 10.6. The molecule has 0 radical (unpaired) electrons. The lowest BCUT2D eigenvalue weighted by Crippen LogP contribution is -2.29. The second-order valence-corrected chi connectivity index (χ2v) is 8.56. The van der Waals surface area contributed by atoms with Gasteiger partial charge in [-0.15, -0.1) is 11.6 Å². The second-order valence-electron chi connectivity index (χ2n) is 7.24. The van der Waals surface area contributed by atoms with Crippen LogP contribution in [-0.2, 0) is 0 Å². The van der Waals surface area contributed by atoms with E-state index in [1.807, 2.05) is 0 Å². The van der Waals surface area contributed by atoms with Crippen LogP contribution in [-0.4, -0.2) is 0 Å². The second kappa shape index (κ2) is 6.62. The van der Waals surface area contributed by atoms with E-state index in [1.54, 1.807) is 0 Å². The van der Waals surface area contributed by atoms with Crippen molar-refractivity contribution in [1.82, 2.24) is 0 Å². The molecule has 0 N–H and O–H groups in total. The van der Waals surface area contributed by atoms with Gasteiger partial charge in [0.1, 0.15) is 0 Å². The van der Waals surface area contributed by atoms with Crippen LogP contribution in [0.4, 0.5) is 0 Å². The van der Waals surface area contributed by atoms with Crippen molar-refractivity contribution >= 4 is 27.5 Å². The van der Waals surface area contributed by atoms with Crippen LogP contribution >= 0.6 is 27.5 Å². The Morgan fingerprint density at radius 3 is 2.48 bits per heavy atom. The Morgan fingerprint density at radius 2 is 1.71 bits per heavy atom. The molecular weight excluding hydrogens is 344 g/mol. The molecule has 0 nitrogen and oxygen atoms in total. The molecule has 3 rings (SSSR count). The Hall–Kier alpha value is -0.0100. The van der Waals surface area contributed by atoms with Crippen molar-refractivity contribution in [1.29, 1.82) is 0 Å². The van der Waals surface area contributed by atoms with Gasteiger partial charge in [0.15, 0.2) is 0 Å². The van der Waals surface area contributed by atoms with E-state index in [2.05, 4.69) is 41.9 Å². The third-order valence-corrected chi connectivity index (χ3v) is 7.28. The smallest absolute Gasteiger partial charge is 0.0616 e. The van der Waals surface area contributed by atoms with Gasteiger partial charge in [0, 0.05) is 4.47 Å². The average molecular weight is 370 g/mol. The third-order valence-electron chi connectivity index (χ3n) is 5.84. The molecule has 0 heterocycles. The highest BCUT2D eigenvalue weighted by Gasteiger charge is 2.35. The molecule has 116 valence electrons. The lowest BCUT2D eigenvalue weighted by Gasteiger charge is -2.41.